The van der Waals surface area contributed by atoms with Crippen molar-refractivity contribution in [3.63, 3.8) is 0 Å². The second kappa shape index (κ2) is 6.22. The van der Waals surface area contributed by atoms with Gasteiger partial charge in [-0.1, -0.05) is 30.2 Å². The maximum atomic E-state index is 9.43. The van der Waals surface area contributed by atoms with E-state index in [-0.39, 0.29) is 11.5 Å². The van der Waals surface area contributed by atoms with Crippen molar-refractivity contribution in [3.8, 4) is 0 Å². The Balaban J connectivity index is 1.47. The highest BCUT2D eigenvalue weighted by Gasteiger charge is 2.38. The summed E-state index contributed by atoms with van der Waals surface area (Å²) >= 11 is 6.17. The first-order chi connectivity index (χ1) is 11.6. The molecule has 4 rings (SSSR count). The van der Waals surface area contributed by atoms with Crippen LogP contribution in [0.1, 0.15) is 24.8 Å². The fourth-order valence-corrected chi connectivity index (χ4v) is 3.68. The minimum absolute atomic E-state index is 0.134. The zero-order valence-corrected chi connectivity index (χ0v) is 14.2. The number of nitrogens with zero attached hydrogens (tertiary/aromatic N) is 3. The van der Waals surface area contributed by atoms with Crippen molar-refractivity contribution in [2.24, 2.45) is 0 Å². The lowest BCUT2D eigenvalue weighted by atomic mass is 9.64. The Hall–Kier alpha value is -1.85. The number of aliphatic hydroxyl groups excluding tert-OH is 1. The number of nitrogens with one attached hydrogen (secondary N) is 1. The Labute approximate surface area is 146 Å². The van der Waals surface area contributed by atoms with Gasteiger partial charge in [0.1, 0.15) is 11.6 Å². The molecule has 1 aliphatic heterocycles. The number of halogens is 1. The molecule has 6 heteroatoms. The number of aliphatic hydroxyl groups is 1. The van der Waals surface area contributed by atoms with E-state index in [1.54, 1.807) is 12.4 Å². The van der Waals surface area contributed by atoms with Gasteiger partial charge in [-0.2, -0.15) is 0 Å². The zero-order chi connectivity index (χ0) is 16.6. The molecule has 5 nitrogen and oxygen atoms in total. The van der Waals surface area contributed by atoms with Gasteiger partial charge >= 0.3 is 0 Å². The van der Waals surface area contributed by atoms with Crippen LogP contribution in [0.5, 0.6) is 0 Å². The summed E-state index contributed by atoms with van der Waals surface area (Å²) in [5.74, 6) is 1.60. The second-order valence-corrected chi connectivity index (χ2v) is 7.26. The van der Waals surface area contributed by atoms with Crippen LogP contribution in [-0.2, 0) is 5.41 Å². The van der Waals surface area contributed by atoms with Crippen molar-refractivity contribution in [1.29, 1.82) is 0 Å². The molecule has 1 aliphatic carbocycles. The molecule has 2 aromatic rings. The molecule has 0 bridgehead atoms. The Morgan fingerprint density at radius 2 is 2.12 bits per heavy atom. The van der Waals surface area contributed by atoms with Crippen molar-refractivity contribution < 1.29 is 5.11 Å². The molecule has 2 heterocycles. The fraction of sp³-hybridized carbons (Fsp3) is 0.444. The smallest absolute Gasteiger partial charge is 0.149 e. The summed E-state index contributed by atoms with van der Waals surface area (Å²) in [4.78, 5) is 10.9. The molecule has 126 valence electrons. The van der Waals surface area contributed by atoms with Crippen LogP contribution in [0.3, 0.4) is 0 Å². The summed E-state index contributed by atoms with van der Waals surface area (Å²) in [7, 11) is 0. The number of aromatic nitrogens is 2. The predicted octanol–water partition coefficient (Wildman–Crippen LogP) is 2.84. The molecule has 1 saturated carbocycles. The van der Waals surface area contributed by atoms with Gasteiger partial charge in [-0.05, 0) is 30.5 Å². The van der Waals surface area contributed by atoms with Crippen LogP contribution in [-0.4, -0.2) is 40.8 Å². The molecular formula is C18H21ClN4O. The van der Waals surface area contributed by atoms with Crippen molar-refractivity contribution in [2.75, 3.05) is 29.9 Å². The molecule has 2 fully saturated rings. The number of β-amino-alcohol motifs (C(OH)–C–C–N with tert-alkyl or cyclic N) is 1. The maximum absolute atomic E-state index is 9.43. The van der Waals surface area contributed by atoms with Gasteiger partial charge in [0, 0.05) is 30.1 Å². The van der Waals surface area contributed by atoms with Gasteiger partial charge in [0.15, 0.2) is 0 Å². The molecular weight excluding hydrogens is 324 g/mol. The van der Waals surface area contributed by atoms with E-state index in [0.717, 1.165) is 36.0 Å². The van der Waals surface area contributed by atoms with Gasteiger partial charge in [-0.25, -0.2) is 4.98 Å². The van der Waals surface area contributed by atoms with Gasteiger partial charge in [-0.15, -0.1) is 0 Å². The van der Waals surface area contributed by atoms with Gasteiger partial charge in [0.25, 0.3) is 0 Å². The molecule has 0 unspecified atom stereocenters. The molecule has 0 spiro atoms. The first-order valence-corrected chi connectivity index (χ1v) is 8.77. The van der Waals surface area contributed by atoms with Crippen molar-refractivity contribution in [2.45, 2.75) is 30.8 Å². The summed E-state index contributed by atoms with van der Waals surface area (Å²) in [5, 5.41) is 13.7. The lowest BCUT2D eigenvalue weighted by molar-refractivity contribution is 0.141. The summed E-state index contributed by atoms with van der Waals surface area (Å²) < 4.78 is 0. The Bertz CT molecular complexity index is 728. The third-order valence-electron chi connectivity index (χ3n) is 5.16. The minimum atomic E-state index is -0.246. The number of hydrogen-bond acceptors (Lipinski definition) is 5. The van der Waals surface area contributed by atoms with Crippen molar-refractivity contribution in [1.82, 2.24) is 9.97 Å². The van der Waals surface area contributed by atoms with E-state index in [1.165, 1.54) is 12.0 Å². The lowest BCUT2D eigenvalue weighted by Gasteiger charge is -2.43. The number of benzene rings is 1. The Morgan fingerprint density at radius 1 is 1.29 bits per heavy atom. The number of anilines is 2. The molecule has 2 N–H and O–H groups in total. The van der Waals surface area contributed by atoms with Crippen molar-refractivity contribution >= 4 is 23.2 Å². The third kappa shape index (κ3) is 2.94. The molecule has 1 aromatic heterocycles. The topological polar surface area (TPSA) is 61.3 Å². The quantitative estimate of drug-likeness (QED) is 0.873. The average Bonchev–Trinajstić information content (AvgIpc) is 2.51. The van der Waals surface area contributed by atoms with Gasteiger partial charge < -0.3 is 15.3 Å². The standard InChI is InChI=1S/C18H21ClN4O/c19-14-4-1-3-13(7-14)18(5-2-6-18)12-21-16-8-20-9-17(22-16)23-10-15(24)11-23/h1,3-4,7-9,15,24H,2,5-6,10-12H2,(H,21,22). The Kier molecular flexibility index (Phi) is 4.06. The largest absolute Gasteiger partial charge is 0.389 e. The predicted molar refractivity (Wildman–Crippen MR) is 95.7 cm³/mol. The lowest BCUT2D eigenvalue weighted by Crippen LogP contribution is -2.51. The monoisotopic (exact) mass is 344 g/mol. The van der Waals surface area contributed by atoms with E-state index in [4.69, 9.17) is 11.6 Å². The molecule has 0 atom stereocenters. The molecule has 1 saturated heterocycles. The SMILES string of the molecule is OC1CN(c2cncc(NCC3(c4cccc(Cl)c4)CCC3)n2)C1. The van der Waals surface area contributed by atoms with Crippen LogP contribution in [0.2, 0.25) is 5.02 Å². The molecule has 2 aliphatic rings. The van der Waals surface area contributed by atoms with E-state index in [2.05, 4.69) is 27.4 Å². The summed E-state index contributed by atoms with van der Waals surface area (Å²) in [6, 6.07) is 8.18. The van der Waals surface area contributed by atoms with Gasteiger partial charge in [-0.3, -0.25) is 4.98 Å². The van der Waals surface area contributed by atoms with Crippen LogP contribution in [0.4, 0.5) is 11.6 Å². The summed E-state index contributed by atoms with van der Waals surface area (Å²) in [6.07, 6.45) is 6.81. The van der Waals surface area contributed by atoms with E-state index in [9.17, 15) is 5.11 Å². The maximum Gasteiger partial charge on any atom is 0.149 e. The van der Waals surface area contributed by atoms with Gasteiger partial charge in [0.05, 0.1) is 18.5 Å². The highest BCUT2D eigenvalue weighted by Crippen LogP contribution is 2.44. The van der Waals surface area contributed by atoms with Crippen LogP contribution >= 0.6 is 11.6 Å². The number of rotatable bonds is 5. The normalized spacial score (nSPS) is 19.5. The van der Waals surface area contributed by atoms with E-state index in [0.29, 0.717) is 13.1 Å². The van der Waals surface area contributed by atoms with Gasteiger partial charge in [0.2, 0.25) is 0 Å². The number of hydrogen-bond donors (Lipinski definition) is 2. The van der Waals surface area contributed by atoms with E-state index < -0.39 is 0 Å². The zero-order valence-electron chi connectivity index (χ0n) is 13.5. The van der Waals surface area contributed by atoms with Crippen LogP contribution in [0.15, 0.2) is 36.7 Å². The highest BCUT2D eigenvalue weighted by molar-refractivity contribution is 6.30. The van der Waals surface area contributed by atoms with Crippen LogP contribution in [0.25, 0.3) is 0 Å². The highest BCUT2D eigenvalue weighted by atomic mass is 35.5. The Morgan fingerprint density at radius 3 is 2.79 bits per heavy atom. The summed E-state index contributed by atoms with van der Waals surface area (Å²) in [5.41, 5.74) is 1.43. The molecule has 1 aromatic carbocycles. The third-order valence-corrected chi connectivity index (χ3v) is 5.40. The molecule has 0 radical (unpaired) electrons. The first kappa shape index (κ1) is 15.7. The first-order valence-electron chi connectivity index (χ1n) is 8.40. The van der Waals surface area contributed by atoms with E-state index >= 15 is 0 Å². The van der Waals surface area contributed by atoms with Crippen LogP contribution < -0.4 is 10.2 Å². The summed E-state index contributed by atoms with van der Waals surface area (Å²) in [6.45, 7) is 2.09. The fourth-order valence-electron chi connectivity index (χ4n) is 3.48. The minimum Gasteiger partial charge on any atom is -0.389 e. The molecule has 0 amide bonds. The van der Waals surface area contributed by atoms with Crippen molar-refractivity contribution in [3.05, 3.63) is 47.2 Å². The average molecular weight is 345 g/mol. The van der Waals surface area contributed by atoms with Crippen LogP contribution in [0, 0.1) is 0 Å². The van der Waals surface area contributed by atoms with E-state index in [1.807, 2.05) is 17.0 Å². The second-order valence-electron chi connectivity index (χ2n) is 6.82. The molecule has 24 heavy (non-hydrogen) atoms.